The van der Waals surface area contributed by atoms with Crippen molar-refractivity contribution >= 4 is 39.6 Å². The number of ether oxygens (including phenoxy) is 1. The summed E-state index contributed by atoms with van der Waals surface area (Å²) in [5.74, 6) is 1.80. The highest BCUT2D eigenvalue weighted by Gasteiger charge is 2.52. The van der Waals surface area contributed by atoms with E-state index in [0.717, 1.165) is 28.6 Å². The summed E-state index contributed by atoms with van der Waals surface area (Å²) in [5.41, 5.74) is 17.6. The van der Waals surface area contributed by atoms with Gasteiger partial charge in [-0.05, 0) is 127 Å². The quantitative estimate of drug-likeness (QED) is 0.176. The van der Waals surface area contributed by atoms with Gasteiger partial charge in [0.1, 0.15) is 11.5 Å². The molecule has 14 rings (SSSR count). The molecule has 0 atom stereocenters. The van der Waals surface area contributed by atoms with E-state index in [2.05, 4.69) is 229 Å². The summed E-state index contributed by atoms with van der Waals surface area (Å²) in [6, 6.07) is 83.4. The Morgan fingerprint density at radius 1 is 0.302 bits per heavy atom. The summed E-state index contributed by atoms with van der Waals surface area (Å²) in [6.07, 6.45) is 0. The average molecular weight is 820 g/mol. The summed E-state index contributed by atoms with van der Waals surface area (Å²) in [4.78, 5) is 5.09. The normalized spacial score (nSPS) is 14.7. The van der Waals surface area contributed by atoms with E-state index < -0.39 is 10.8 Å². The van der Waals surface area contributed by atoms with Crippen LogP contribution in [0.15, 0.2) is 234 Å². The molecule has 0 fully saturated rings. The highest BCUT2D eigenvalue weighted by molar-refractivity contribution is 7.99. The largest absolute Gasteiger partial charge is 0.457 e. The Morgan fingerprint density at radius 3 is 1.43 bits per heavy atom. The molecule has 10 aromatic carbocycles. The van der Waals surface area contributed by atoms with Crippen LogP contribution in [0, 0.1) is 0 Å². The lowest BCUT2D eigenvalue weighted by Gasteiger charge is -2.40. The van der Waals surface area contributed by atoms with E-state index in [9.17, 15) is 0 Å². The second-order valence-corrected chi connectivity index (χ2v) is 18.2. The molecule has 0 bridgehead atoms. The van der Waals surface area contributed by atoms with Crippen LogP contribution in [0.25, 0.3) is 33.0 Å². The van der Waals surface area contributed by atoms with E-state index in [1.54, 1.807) is 0 Å². The van der Waals surface area contributed by atoms with Crippen LogP contribution >= 0.6 is 11.8 Å². The molecule has 2 spiro atoms. The van der Waals surface area contributed by atoms with Gasteiger partial charge in [0, 0.05) is 38.0 Å². The molecular formula is C60H37NOS. The van der Waals surface area contributed by atoms with Crippen molar-refractivity contribution in [2.24, 2.45) is 0 Å². The Morgan fingerprint density at radius 2 is 0.746 bits per heavy atom. The van der Waals surface area contributed by atoms with Gasteiger partial charge in [-0.3, -0.25) is 0 Å². The molecule has 4 aliphatic rings. The first-order valence-corrected chi connectivity index (χ1v) is 22.6. The zero-order valence-electron chi connectivity index (χ0n) is 34.1. The first-order chi connectivity index (χ1) is 31.2. The Kier molecular flexibility index (Phi) is 7.21. The molecule has 0 aromatic heterocycles. The third kappa shape index (κ3) is 4.59. The lowest BCUT2D eigenvalue weighted by molar-refractivity contribution is 0.436. The molecule has 10 aromatic rings. The molecule has 0 radical (unpaired) electrons. The monoisotopic (exact) mass is 819 g/mol. The minimum Gasteiger partial charge on any atom is -0.457 e. The molecule has 2 aliphatic carbocycles. The van der Waals surface area contributed by atoms with Crippen molar-refractivity contribution < 1.29 is 4.74 Å². The van der Waals surface area contributed by atoms with Crippen LogP contribution in [0.5, 0.6) is 11.5 Å². The van der Waals surface area contributed by atoms with Crippen molar-refractivity contribution in [2.75, 3.05) is 4.90 Å². The van der Waals surface area contributed by atoms with Gasteiger partial charge in [-0.25, -0.2) is 0 Å². The van der Waals surface area contributed by atoms with E-state index in [0.29, 0.717) is 0 Å². The number of hydrogen-bond donors (Lipinski definition) is 0. The van der Waals surface area contributed by atoms with Gasteiger partial charge in [0.25, 0.3) is 0 Å². The van der Waals surface area contributed by atoms with Crippen molar-refractivity contribution in [3.05, 3.63) is 269 Å². The van der Waals surface area contributed by atoms with Gasteiger partial charge in [0.05, 0.1) is 10.8 Å². The molecule has 294 valence electrons. The summed E-state index contributed by atoms with van der Waals surface area (Å²) >= 11 is 1.89. The fourth-order valence-electron chi connectivity index (χ4n) is 11.7. The van der Waals surface area contributed by atoms with Crippen molar-refractivity contribution in [2.45, 2.75) is 20.6 Å². The topological polar surface area (TPSA) is 12.5 Å². The van der Waals surface area contributed by atoms with Crippen LogP contribution in [-0.4, -0.2) is 0 Å². The Hall–Kier alpha value is -7.59. The zero-order chi connectivity index (χ0) is 41.3. The molecule has 2 heterocycles. The number of para-hydroxylation sites is 2. The minimum absolute atomic E-state index is 0.484. The summed E-state index contributed by atoms with van der Waals surface area (Å²) < 4.78 is 6.65. The summed E-state index contributed by atoms with van der Waals surface area (Å²) in [6.45, 7) is 0. The third-order valence-corrected chi connectivity index (χ3v) is 15.3. The maximum atomic E-state index is 6.65. The van der Waals surface area contributed by atoms with E-state index >= 15 is 0 Å². The summed E-state index contributed by atoms with van der Waals surface area (Å²) in [7, 11) is 0. The lowest BCUT2D eigenvalue weighted by atomic mass is 9.66. The number of rotatable bonds is 3. The Balaban J connectivity index is 1.04. The first-order valence-electron chi connectivity index (χ1n) is 21.7. The molecule has 0 N–H and O–H groups in total. The van der Waals surface area contributed by atoms with Gasteiger partial charge in [0.2, 0.25) is 0 Å². The van der Waals surface area contributed by atoms with Crippen molar-refractivity contribution in [1.82, 2.24) is 0 Å². The maximum absolute atomic E-state index is 6.65. The highest BCUT2D eigenvalue weighted by Crippen LogP contribution is 2.65. The van der Waals surface area contributed by atoms with Crippen LogP contribution in [0.4, 0.5) is 17.1 Å². The number of fused-ring (bicyclic) bond motifs is 19. The standard InChI is InChI=1S/C60H37NOS/c1-2-16-39-35-40(30-29-38(39)15-1)61(41-32-34-49-46(36-41)44-18-4-6-20-48(44)59(49)50-21-7-11-25-55(50)62-56-26-12-8-22-51(56)59)42-31-33-45-43-17-3-5-19-47(43)60(54(45)37-42)52-23-9-13-27-57(52)63-58-28-14-10-24-53(58)60/h1-37H. The number of hydrogen-bond acceptors (Lipinski definition) is 3. The fraction of sp³-hybridized carbons (Fsp3) is 0.0333. The van der Waals surface area contributed by atoms with Gasteiger partial charge in [0.15, 0.2) is 0 Å². The van der Waals surface area contributed by atoms with Crippen molar-refractivity contribution in [3.63, 3.8) is 0 Å². The van der Waals surface area contributed by atoms with Crippen LogP contribution < -0.4 is 9.64 Å². The average Bonchev–Trinajstić information content (AvgIpc) is 3.79. The Labute approximate surface area is 370 Å². The van der Waals surface area contributed by atoms with Gasteiger partial charge < -0.3 is 9.64 Å². The SMILES string of the molecule is c1ccc2c(c1)Oc1ccccc1C21c2ccccc2-c2cc(N(c3ccc4c(c3)C3(c5ccccc5Sc5ccccc53)c3ccccc3-4)c3ccc4ccccc4c3)ccc21. The van der Waals surface area contributed by atoms with Crippen LogP contribution in [0.2, 0.25) is 0 Å². The van der Waals surface area contributed by atoms with E-state index in [-0.39, 0.29) is 0 Å². The second kappa shape index (κ2) is 13.0. The van der Waals surface area contributed by atoms with Crippen LogP contribution in [0.1, 0.15) is 44.5 Å². The molecule has 2 aliphatic heterocycles. The van der Waals surface area contributed by atoms with Gasteiger partial charge >= 0.3 is 0 Å². The smallest absolute Gasteiger partial charge is 0.132 e. The van der Waals surface area contributed by atoms with E-state index in [1.807, 2.05) is 11.8 Å². The minimum atomic E-state index is -0.533. The predicted octanol–water partition coefficient (Wildman–Crippen LogP) is 15.6. The van der Waals surface area contributed by atoms with Crippen molar-refractivity contribution in [1.29, 1.82) is 0 Å². The maximum Gasteiger partial charge on any atom is 0.132 e. The highest BCUT2D eigenvalue weighted by atomic mass is 32.2. The molecule has 0 saturated carbocycles. The molecule has 0 saturated heterocycles. The number of nitrogens with zero attached hydrogens (tertiary/aromatic N) is 1. The zero-order valence-corrected chi connectivity index (χ0v) is 34.9. The van der Waals surface area contributed by atoms with Crippen molar-refractivity contribution in [3.8, 4) is 33.8 Å². The fourth-order valence-corrected chi connectivity index (χ4v) is 12.9. The van der Waals surface area contributed by atoms with Gasteiger partial charge in [-0.1, -0.05) is 176 Å². The van der Waals surface area contributed by atoms with Gasteiger partial charge in [-0.2, -0.15) is 0 Å². The predicted molar refractivity (Wildman–Crippen MR) is 257 cm³/mol. The van der Waals surface area contributed by atoms with E-state index in [4.69, 9.17) is 4.74 Å². The second-order valence-electron chi connectivity index (χ2n) is 17.1. The first kappa shape index (κ1) is 35.1. The Bertz CT molecular complexity index is 3480. The molecule has 63 heavy (non-hydrogen) atoms. The lowest BCUT2D eigenvalue weighted by Crippen LogP contribution is -2.32. The molecular weight excluding hydrogens is 783 g/mol. The number of anilines is 3. The van der Waals surface area contributed by atoms with Gasteiger partial charge in [-0.15, -0.1) is 0 Å². The van der Waals surface area contributed by atoms with E-state index in [1.165, 1.54) is 87.3 Å². The molecule has 3 heteroatoms. The van der Waals surface area contributed by atoms with Crippen LogP contribution in [0.3, 0.4) is 0 Å². The molecule has 2 nitrogen and oxygen atoms in total. The molecule has 0 unspecified atom stereocenters. The molecule has 0 amide bonds. The van der Waals surface area contributed by atoms with Crippen LogP contribution in [-0.2, 0) is 10.8 Å². The third-order valence-electron chi connectivity index (χ3n) is 14.2. The number of benzene rings is 10. The summed E-state index contributed by atoms with van der Waals surface area (Å²) in [5, 5.41) is 2.43.